The molecule has 0 amide bonds. The zero-order valence-electron chi connectivity index (χ0n) is 19.3. The second-order valence-electron chi connectivity index (χ2n) is 9.05. The van der Waals surface area contributed by atoms with Crippen LogP contribution in [0.4, 0.5) is 0 Å². The molecule has 0 aliphatic carbocycles. The van der Waals surface area contributed by atoms with E-state index in [0.29, 0.717) is 13.2 Å². The number of aliphatic hydroxyl groups is 1. The number of hydrogen-bond acceptors (Lipinski definition) is 6. The molecule has 1 fully saturated rings. The Balaban J connectivity index is 2.23. The first kappa shape index (κ1) is 24.8. The minimum Gasteiger partial charge on any atom is -0.469 e. The van der Waals surface area contributed by atoms with E-state index in [0.717, 1.165) is 5.56 Å². The van der Waals surface area contributed by atoms with Crippen molar-refractivity contribution in [2.45, 2.75) is 72.2 Å². The highest BCUT2D eigenvalue weighted by atomic mass is 16.7. The monoisotopic (exact) mass is 422 g/mol. The number of aliphatic hydroxyl groups excluding tert-OH is 1. The van der Waals surface area contributed by atoms with Gasteiger partial charge in [-0.25, -0.2) is 0 Å². The lowest BCUT2D eigenvalue weighted by atomic mass is 9.79. The van der Waals surface area contributed by atoms with Crippen molar-refractivity contribution in [2.75, 3.05) is 13.7 Å². The molecular formula is C24H38O6. The molecule has 7 atom stereocenters. The summed E-state index contributed by atoms with van der Waals surface area (Å²) in [5.41, 5.74) is 1.05. The van der Waals surface area contributed by atoms with E-state index in [1.165, 1.54) is 7.11 Å². The number of rotatable bonds is 9. The standard InChI is InChI=1S/C24H38O6/c1-15-13-29-24(5,6)30-21(15)18(4)22(28-14-19-11-9-8-10-12-19)16(2)20(25)17(3)23(26)27-7/h8-12,15-18,20-22,25H,13-14H2,1-7H3/t15-,16-,17-,18+,20-,21-,22-/m0/s1. The van der Waals surface area contributed by atoms with Crippen molar-refractivity contribution in [3.05, 3.63) is 35.9 Å². The van der Waals surface area contributed by atoms with E-state index < -0.39 is 23.8 Å². The van der Waals surface area contributed by atoms with Gasteiger partial charge in [0.2, 0.25) is 0 Å². The Kier molecular flexibility index (Phi) is 8.85. The molecule has 1 aromatic rings. The summed E-state index contributed by atoms with van der Waals surface area (Å²) < 4.78 is 23.3. The zero-order valence-corrected chi connectivity index (χ0v) is 19.3. The molecule has 2 rings (SSSR count). The van der Waals surface area contributed by atoms with E-state index in [1.807, 2.05) is 51.1 Å². The largest absolute Gasteiger partial charge is 0.469 e. The Hall–Kier alpha value is -1.47. The molecule has 0 aromatic heterocycles. The molecule has 1 aromatic carbocycles. The summed E-state index contributed by atoms with van der Waals surface area (Å²) in [4.78, 5) is 12.0. The third-order valence-electron chi connectivity index (χ3n) is 6.14. The quantitative estimate of drug-likeness (QED) is 0.610. The van der Waals surface area contributed by atoms with Gasteiger partial charge >= 0.3 is 5.97 Å². The number of carbonyl (C=O) groups excluding carboxylic acids is 1. The summed E-state index contributed by atoms with van der Waals surface area (Å²) in [7, 11) is 1.34. The number of hydrogen-bond donors (Lipinski definition) is 1. The summed E-state index contributed by atoms with van der Waals surface area (Å²) >= 11 is 0. The highest BCUT2D eigenvalue weighted by Crippen LogP contribution is 2.36. The van der Waals surface area contributed by atoms with Crippen molar-refractivity contribution in [1.82, 2.24) is 0 Å². The van der Waals surface area contributed by atoms with Crippen LogP contribution in [0.5, 0.6) is 0 Å². The summed E-state index contributed by atoms with van der Waals surface area (Å²) in [6, 6.07) is 9.93. The highest BCUT2D eigenvalue weighted by Gasteiger charge is 2.43. The fourth-order valence-electron chi connectivity index (χ4n) is 4.24. The van der Waals surface area contributed by atoms with Crippen LogP contribution >= 0.6 is 0 Å². The van der Waals surface area contributed by atoms with Gasteiger partial charge in [-0.3, -0.25) is 4.79 Å². The van der Waals surface area contributed by atoms with Crippen molar-refractivity contribution < 1.29 is 28.8 Å². The van der Waals surface area contributed by atoms with Crippen LogP contribution in [-0.2, 0) is 30.3 Å². The van der Waals surface area contributed by atoms with Crippen LogP contribution < -0.4 is 0 Å². The van der Waals surface area contributed by atoms with E-state index in [9.17, 15) is 9.90 Å². The van der Waals surface area contributed by atoms with Crippen molar-refractivity contribution >= 4 is 5.97 Å². The molecule has 0 saturated carbocycles. The minimum absolute atomic E-state index is 0.0265. The third-order valence-corrected chi connectivity index (χ3v) is 6.14. The van der Waals surface area contributed by atoms with E-state index >= 15 is 0 Å². The van der Waals surface area contributed by atoms with E-state index in [2.05, 4.69) is 13.8 Å². The second-order valence-corrected chi connectivity index (χ2v) is 9.05. The van der Waals surface area contributed by atoms with E-state index in [-0.39, 0.29) is 30.0 Å². The van der Waals surface area contributed by atoms with Crippen LogP contribution in [0.25, 0.3) is 0 Å². The van der Waals surface area contributed by atoms with Gasteiger partial charge < -0.3 is 24.1 Å². The van der Waals surface area contributed by atoms with Gasteiger partial charge in [-0.2, -0.15) is 0 Å². The smallest absolute Gasteiger partial charge is 0.311 e. The van der Waals surface area contributed by atoms with Crippen LogP contribution in [0.3, 0.4) is 0 Å². The molecule has 1 aliphatic rings. The Morgan fingerprint density at radius 1 is 1.23 bits per heavy atom. The van der Waals surface area contributed by atoms with Crippen molar-refractivity contribution in [1.29, 1.82) is 0 Å². The van der Waals surface area contributed by atoms with Gasteiger partial charge in [-0.15, -0.1) is 0 Å². The molecular weight excluding hydrogens is 384 g/mol. The first-order valence-corrected chi connectivity index (χ1v) is 10.8. The molecule has 0 unspecified atom stereocenters. The lowest BCUT2D eigenvalue weighted by molar-refractivity contribution is -0.307. The van der Waals surface area contributed by atoms with Gasteiger partial charge in [0.15, 0.2) is 5.79 Å². The molecule has 170 valence electrons. The van der Waals surface area contributed by atoms with Gasteiger partial charge in [0, 0.05) is 17.8 Å². The van der Waals surface area contributed by atoms with Gasteiger partial charge in [0.05, 0.1) is 44.6 Å². The van der Waals surface area contributed by atoms with Gasteiger partial charge in [0.25, 0.3) is 0 Å². The van der Waals surface area contributed by atoms with Crippen LogP contribution in [0.1, 0.15) is 47.1 Å². The third kappa shape index (κ3) is 6.27. The summed E-state index contributed by atoms with van der Waals surface area (Å²) in [6.45, 7) is 12.6. The normalized spacial score (nSPS) is 26.3. The van der Waals surface area contributed by atoms with Gasteiger partial charge in [0.1, 0.15) is 0 Å². The Bertz CT molecular complexity index is 661. The number of carbonyl (C=O) groups is 1. The molecule has 6 heteroatoms. The van der Waals surface area contributed by atoms with Gasteiger partial charge in [-0.05, 0) is 26.3 Å². The predicted molar refractivity (Wildman–Crippen MR) is 115 cm³/mol. The maximum Gasteiger partial charge on any atom is 0.311 e. The number of esters is 1. The van der Waals surface area contributed by atoms with Gasteiger partial charge in [-0.1, -0.05) is 51.1 Å². The maximum absolute atomic E-state index is 12.0. The summed E-state index contributed by atoms with van der Waals surface area (Å²) in [5.74, 6) is -1.90. The molecule has 1 N–H and O–H groups in total. The Morgan fingerprint density at radius 2 is 1.87 bits per heavy atom. The molecule has 1 heterocycles. The fraction of sp³-hybridized carbons (Fsp3) is 0.708. The van der Waals surface area contributed by atoms with E-state index in [1.54, 1.807) is 6.92 Å². The number of benzene rings is 1. The molecule has 0 bridgehead atoms. The van der Waals surface area contributed by atoms with Crippen LogP contribution in [-0.4, -0.2) is 48.9 Å². The highest BCUT2D eigenvalue weighted by molar-refractivity contribution is 5.72. The Morgan fingerprint density at radius 3 is 2.47 bits per heavy atom. The molecule has 6 nitrogen and oxygen atoms in total. The van der Waals surface area contributed by atoms with Crippen molar-refractivity contribution in [2.24, 2.45) is 23.7 Å². The predicted octanol–water partition coefficient (Wildman–Crippen LogP) is 3.80. The molecule has 0 radical (unpaired) electrons. The molecule has 1 saturated heterocycles. The van der Waals surface area contributed by atoms with E-state index in [4.69, 9.17) is 18.9 Å². The molecule has 30 heavy (non-hydrogen) atoms. The van der Waals surface area contributed by atoms with Crippen LogP contribution in [0.2, 0.25) is 0 Å². The topological polar surface area (TPSA) is 74.2 Å². The minimum atomic E-state index is -0.899. The lowest BCUT2D eigenvalue weighted by Gasteiger charge is -2.45. The SMILES string of the molecule is COC(=O)[C@@H](C)[C@@H](O)[C@H](C)[C@H](OCc1ccccc1)[C@H](C)[C@H]1OC(C)(C)OC[C@@H]1C. The second kappa shape index (κ2) is 10.7. The molecule has 1 aliphatic heterocycles. The Labute approximate surface area is 180 Å². The first-order valence-electron chi connectivity index (χ1n) is 10.8. The van der Waals surface area contributed by atoms with Crippen LogP contribution in [0.15, 0.2) is 30.3 Å². The lowest BCUT2D eigenvalue weighted by Crippen LogP contribution is -2.52. The number of methoxy groups -OCH3 is 1. The van der Waals surface area contributed by atoms with Crippen LogP contribution in [0, 0.1) is 23.7 Å². The van der Waals surface area contributed by atoms with Crippen molar-refractivity contribution in [3.63, 3.8) is 0 Å². The fourth-order valence-corrected chi connectivity index (χ4v) is 4.24. The maximum atomic E-state index is 12.0. The summed E-state index contributed by atoms with van der Waals surface area (Å²) in [5, 5.41) is 10.9. The number of ether oxygens (including phenoxy) is 4. The molecule has 0 spiro atoms. The zero-order chi connectivity index (χ0) is 22.5. The average molecular weight is 423 g/mol. The first-order chi connectivity index (χ1) is 14.1. The van der Waals surface area contributed by atoms with Crippen molar-refractivity contribution in [3.8, 4) is 0 Å². The summed E-state index contributed by atoms with van der Waals surface area (Å²) in [6.07, 6.45) is -1.32. The average Bonchev–Trinajstić information content (AvgIpc) is 2.74.